The second kappa shape index (κ2) is 2.56. The van der Waals surface area contributed by atoms with Crippen molar-refractivity contribution in [3.05, 3.63) is 36.8 Å². The molecule has 3 radical (unpaired) electrons. The molecule has 0 aliphatic carbocycles. The maximum atomic E-state index is 4.08. The Morgan fingerprint density at radius 2 is 2.10 bits per heavy atom. The zero-order chi connectivity index (χ0) is 6.10. The van der Waals surface area contributed by atoms with Crippen LogP contribution in [0.3, 0.4) is 0 Å². The predicted molar refractivity (Wildman–Crippen MR) is 40.9 cm³/mol. The number of hydrogen-bond donors (Lipinski definition) is 0. The van der Waals surface area contributed by atoms with Gasteiger partial charge in [0.25, 0.3) is 0 Å². The van der Waals surface area contributed by atoms with Crippen molar-refractivity contribution >= 4 is 14.1 Å². The summed E-state index contributed by atoms with van der Waals surface area (Å²) in [7, 11) is 0. The van der Waals surface area contributed by atoms with E-state index in [0.29, 0.717) is 0 Å². The Morgan fingerprint density at radius 3 is 2.90 bits per heavy atom. The average molecular weight is 129 g/mol. The maximum Gasteiger partial charge on any atom is 0.136 e. The summed E-state index contributed by atoms with van der Waals surface area (Å²) in [5, 5.41) is 0. The topological polar surface area (TPSA) is 17.3 Å². The van der Waals surface area contributed by atoms with E-state index >= 15 is 0 Å². The van der Waals surface area contributed by atoms with Gasteiger partial charge in [-0.1, -0.05) is 6.07 Å². The van der Waals surface area contributed by atoms with Gasteiger partial charge in [-0.25, -0.2) is 4.98 Å². The molecular formula is C7H6BN2. The van der Waals surface area contributed by atoms with Gasteiger partial charge in [0.1, 0.15) is 5.65 Å². The minimum absolute atomic E-state index is 0. The molecule has 10 heavy (non-hydrogen) atoms. The first-order chi connectivity index (χ1) is 4.47. The number of rotatable bonds is 0. The summed E-state index contributed by atoms with van der Waals surface area (Å²) in [6, 6.07) is 5.93. The molecule has 0 aliphatic heterocycles. The Balaban J connectivity index is 0.000000500. The van der Waals surface area contributed by atoms with Crippen LogP contribution >= 0.6 is 0 Å². The van der Waals surface area contributed by atoms with Crippen LogP contribution in [0.4, 0.5) is 0 Å². The van der Waals surface area contributed by atoms with Crippen LogP contribution in [0.1, 0.15) is 0 Å². The Hall–Kier alpha value is -1.25. The first-order valence-electron chi connectivity index (χ1n) is 2.84. The second-order valence-corrected chi connectivity index (χ2v) is 1.89. The molecule has 2 aromatic heterocycles. The molecule has 0 saturated carbocycles. The van der Waals surface area contributed by atoms with Crippen LogP contribution in [0, 0.1) is 0 Å². The van der Waals surface area contributed by atoms with Crippen molar-refractivity contribution in [1.29, 1.82) is 0 Å². The van der Waals surface area contributed by atoms with Crippen LogP contribution in [-0.4, -0.2) is 17.8 Å². The van der Waals surface area contributed by atoms with Crippen LogP contribution in [0.5, 0.6) is 0 Å². The highest BCUT2D eigenvalue weighted by molar-refractivity contribution is 5.75. The monoisotopic (exact) mass is 129 g/mol. The summed E-state index contributed by atoms with van der Waals surface area (Å²) in [5.74, 6) is 0. The van der Waals surface area contributed by atoms with Gasteiger partial charge in [-0.05, 0) is 12.1 Å². The molecule has 0 spiro atoms. The number of pyridine rings is 1. The highest BCUT2D eigenvalue weighted by atomic mass is 15.0. The molecule has 3 heteroatoms. The van der Waals surface area contributed by atoms with Crippen LogP contribution in [0.25, 0.3) is 5.65 Å². The number of hydrogen-bond acceptors (Lipinski definition) is 1. The smallest absolute Gasteiger partial charge is 0.136 e. The van der Waals surface area contributed by atoms with Gasteiger partial charge in [0, 0.05) is 27.0 Å². The van der Waals surface area contributed by atoms with Crippen molar-refractivity contribution in [3.63, 3.8) is 0 Å². The molecule has 0 unspecified atom stereocenters. The molecule has 47 valence electrons. The highest BCUT2D eigenvalue weighted by Crippen LogP contribution is 1.96. The summed E-state index contributed by atoms with van der Waals surface area (Å²) in [6.07, 6.45) is 5.69. The van der Waals surface area contributed by atoms with Crippen molar-refractivity contribution in [2.75, 3.05) is 0 Å². The molecule has 2 rings (SSSR count). The van der Waals surface area contributed by atoms with E-state index in [9.17, 15) is 0 Å². The predicted octanol–water partition coefficient (Wildman–Crippen LogP) is 0.953. The third kappa shape index (κ3) is 0.901. The molecule has 0 aliphatic rings. The Morgan fingerprint density at radius 1 is 1.20 bits per heavy atom. The third-order valence-corrected chi connectivity index (χ3v) is 1.30. The lowest BCUT2D eigenvalue weighted by molar-refractivity contribution is 1.19. The molecule has 0 N–H and O–H groups in total. The molecule has 0 atom stereocenters. The van der Waals surface area contributed by atoms with Crippen LogP contribution in [-0.2, 0) is 0 Å². The lowest BCUT2D eigenvalue weighted by Crippen LogP contribution is -1.77. The third-order valence-electron chi connectivity index (χ3n) is 1.30. The average Bonchev–Trinajstić information content (AvgIpc) is 2.33. The van der Waals surface area contributed by atoms with E-state index in [4.69, 9.17) is 0 Å². The van der Waals surface area contributed by atoms with Gasteiger partial charge in [0.05, 0.1) is 0 Å². The number of imidazole rings is 1. The molecule has 0 bridgehead atoms. The number of nitrogens with zero attached hydrogens (tertiary/aromatic N) is 2. The molecule has 0 fully saturated rings. The quantitative estimate of drug-likeness (QED) is 0.484. The zero-order valence-corrected chi connectivity index (χ0v) is 5.44. The molecule has 2 aromatic rings. The fourth-order valence-corrected chi connectivity index (χ4v) is 0.864. The Bertz CT molecular complexity index is 286. The van der Waals surface area contributed by atoms with Gasteiger partial charge in [0.15, 0.2) is 0 Å². The summed E-state index contributed by atoms with van der Waals surface area (Å²) < 4.78 is 1.97. The molecule has 2 heterocycles. The van der Waals surface area contributed by atoms with Crippen molar-refractivity contribution in [3.8, 4) is 0 Å². The SMILES string of the molecule is [B].c1ccn2ccnc2c1. The van der Waals surface area contributed by atoms with Crippen molar-refractivity contribution in [2.45, 2.75) is 0 Å². The maximum absolute atomic E-state index is 4.08. The standard InChI is InChI=1S/C7H6N2.B/c1-2-5-9-6-4-8-7(9)3-1;/h1-6H;. The molecule has 0 aromatic carbocycles. The van der Waals surface area contributed by atoms with E-state index in [1.165, 1.54) is 0 Å². The van der Waals surface area contributed by atoms with Gasteiger partial charge < -0.3 is 4.40 Å². The van der Waals surface area contributed by atoms with Gasteiger partial charge in [0.2, 0.25) is 0 Å². The van der Waals surface area contributed by atoms with E-state index in [0.717, 1.165) is 5.65 Å². The van der Waals surface area contributed by atoms with E-state index in [1.54, 1.807) is 6.20 Å². The fraction of sp³-hybridized carbons (Fsp3) is 0. The lowest BCUT2D eigenvalue weighted by Gasteiger charge is -1.86. The minimum Gasteiger partial charge on any atom is -0.307 e. The first kappa shape index (κ1) is 6.87. The van der Waals surface area contributed by atoms with Crippen LogP contribution in [0.2, 0.25) is 0 Å². The van der Waals surface area contributed by atoms with E-state index < -0.39 is 0 Å². The van der Waals surface area contributed by atoms with E-state index in [1.807, 2.05) is 35.0 Å². The number of aromatic nitrogens is 2. The largest absolute Gasteiger partial charge is 0.307 e. The molecule has 0 amide bonds. The van der Waals surface area contributed by atoms with Crippen LogP contribution < -0.4 is 0 Å². The summed E-state index contributed by atoms with van der Waals surface area (Å²) in [6.45, 7) is 0. The Labute approximate surface area is 61.1 Å². The highest BCUT2D eigenvalue weighted by Gasteiger charge is 1.85. The summed E-state index contributed by atoms with van der Waals surface area (Å²) >= 11 is 0. The van der Waals surface area contributed by atoms with Crippen molar-refractivity contribution in [1.82, 2.24) is 9.38 Å². The molecule has 2 nitrogen and oxygen atoms in total. The Kier molecular flexibility index (Phi) is 1.76. The molecule has 0 saturated heterocycles. The van der Waals surface area contributed by atoms with Crippen molar-refractivity contribution in [2.24, 2.45) is 0 Å². The van der Waals surface area contributed by atoms with Crippen molar-refractivity contribution < 1.29 is 0 Å². The van der Waals surface area contributed by atoms with Gasteiger partial charge >= 0.3 is 0 Å². The van der Waals surface area contributed by atoms with Crippen LogP contribution in [0.15, 0.2) is 36.8 Å². The van der Waals surface area contributed by atoms with Gasteiger partial charge in [-0.2, -0.15) is 0 Å². The summed E-state index contributed by atoms with van der Waals surface area (Å²) in [5.41, 5.74) is 0.998. The van der Waals surface area contributed by atoms with Gasteiger partial charge in [-0.3, -0.25) is 0 Å². The van der Waals surface area contributed by atoms with E-state index in [2.05, 4.69) is 4.98 Å². The zero-order valence-electron chi connectivity index (χ0n) is 5.44. The summed E-state index contributed by atoms with van der Waals surface area (Å²) in [4.78, 5) is 4.08. The number of fused-ring (bicyclic) bond motifs is 1. The minimum atomic E-state index is 0. The lowest BCUT2D eigenvalue weighted by atomic mass is 10.5. The fourth-order valence-electron chi connectivity index (χ4n) is 0.864. The van der Waals surface area contributed by atoms with Gasteiger partial charge in [-0.15, -0.1) is 0 Å². The normalized spacial score (nSPS) is 9.20. The second-order valence-electron chi connectivity index (χ2n) is 1.89. The first-order valence-corrected chi connectivity index (χ1v) is 2.84. The van der Waals surface area contributed by atoms with E-state index in [-0.39, 0.29) is 8.41 Å². The molecular weight excluding hydrogens is 123 g/mol.